The van der Waals surface area contributed by atoms with Crippen molar-refractivity contribution in [1.29, 1.82) is 0 Å². The number of nitrogens with zero attached hydrogens (tertiary/aromatic N) is 2. The number of para-hydroxylation sites is 2. The molecule has 1 unspecified atom stereocenters. The molecule has 0 radical (unpaired) electrons. The molecule has 0 saturated carbocycles. The number of amides is 1. The van der Waals surface area contributed by atoms with Crippen molar-refractivity contribution in [2.45, 2.75) is 38.8 Å². The molecular weight excluding hydrogens is 368 g/mol. The van der Waals surface area contributed by atoms with Crippen LogP contribution in [-0.2, 0) is 20.9 Å². The van der Waals surface area contributed by atoms with Gasteiger partial charge in [-0.15, -0.1) is 0 Å². The third-order valence-corrected chi connectivity index (χ3v) is 5.65. The van der Waals surface area contributed by atoms with E-state index >= 15 is 0 Å². The molecule has 1 saturated heterocycles. The van der Waals surface area contributed by atoms with Crippen molar-refractivity contribution in [3.63, 3.8) is 0 Å². The molecule has 1 aliphatic heterocycles. The minimum atomic E-state index is -0.498. The van der Waals surface area contributed by atoms with Crippen molar-refractivity contribution in [3.8, 4) is 0 Å². The molecule has 0 aliphatic carbocycles. The number of fused-ring (bicyclic) bond motifs is 2. The molecule has 6 nitrogen and oxygen atoms in total. The van der Waals surface area contributed by atoms with Crippen LogP contribution in [0.15, 0.2) is 53.3 Å². The third-order valence-electron chi connectivity index (χ3n) is 5.65. The average molecular weight is 392 g/mol. The molecule has 4 rings (SSSR count). The number of likely N-dealkylation sites (tertiary alicyclic amines) is 1. The summed E-state index contributed by atoms with van der Waals surface area (Å²) in [7, 11) is 0. The van der Waals surface area contributed by atoms with Crippen molar-refractivity contribution < 1.29 is 14.3 Å². The summed E-state index contributed by atoms with van der Waals surface area (Å²) < 4.78 is 7.09. The lowest BCUT2D eigenvalue weighted by Crippen LogP contribution is -2.44. The van der Waals surface area contributed by atoms with E-state index in [9.17, 15) is 14.4 Å². The number of piperidine rings is 1. The maximum atomic E-state index is 12.8. The first kappa shape index (κ1) is 19.2. The van der Waals surface area contributed by atoms with Gasteiger partial charge < -0.3 is 14.2 Å². The number of aromatic nitrogens is 1. The lowest BCUT2D eigenvalue weighted by molar-refractivity contribution is -0.153. The van der Waals surface area contributed by atoms with E-state index in [0.29, 0.717) is 28.4 Å². The minimum Gasteiger partial charge on any atom is -0.454 e. The van der Waals surface area contributed by atoms with E-state index in [1.165, 1.54) is 0 Å². The second-order valence-electron chi connectivity index (χ2n) is 7.54. The Morgan fingerprint density at radius 3 is 2.24 bits per heavy atom. The number of hydrogen-bond donors (Lipinski definition) is 0. The second kappa shape index (κ2) is 8.07. The predicted octanol–water partition coefficient (Wildman–Crippen LogP) is 3.10. The normalized spacial score (nSPS) is 16.9. The van der Waals surface area contributed by atoms with E-state index in [-0.39, 0.29) is 30.5 Å². The van der Waals surface area contributed by atoms with Gasteiger partial charge in [0.05, 0.1) is 11.0 Å². The third kappa shape index (κ3) is 3.75. The van der Waals surface area contributed by atoms with E-state index < -0.39 is 5.97 Å². The lowest BCUT2D eigenvalue weighted by Gasteiger charge is -2.33. The fraction of sp³-hybridized carbons (Fsp3) is 0.348. The molecule has 2 aromatic carbocycles. The molecule has 1 fully saturated rings. The topological polar surface area (TPSA) is 68.6 Å². The van der Waals surface area contributed by atoms with Crippen LogP contribution in [0.25, 0.3) is 21.8 Å². The maximum Gasteiger partial charge on any atom is 0.326 e. The van der Waals surface area contributed by atoms with Crippen LogP contribution >= 0.6 is 0 Å². The Morgan fingerprint density at radius 1 is 1.00 bits per heavy atom. The molecule has 0 bridgehead atoms. The minimum absolute atomic E-state index is 0.0601. The van der Waals surface area contributed by atoms with Gasteiger partial charge in [-0.05, 0) is 50.5 Å². The van der Waals surface area contributed by atoms with Gasteiger partial charge in [0.2, 0.25) is 0 Å². The second-order valence-corrected chi connectivity index (χ2v) is 7.54. The first-order valence-electron chi connectivity index (χ1n) is 10.0. The average Bonchev–Trinajstić information content (AvgIpc) is 2.75. The standard InChI is InChI=1S/C23H24N2O4/c1-16-8-6-7-13-24(16)21(26)15-29-22(27)14-25-19-11-4-2-9-17(19)23(28)18-10-3-5-12-20(18)25/h2-5,9-12,16H,6-8,13-15H2,1H3. The van der Waals surface area contributed by atoms with Gasteiger partial charge in [0.15, 0.2) is 12.0 Å². The van der Waals surface area contributed by atoms with Gasteiger partial charge in [0, 0.05) is 23.4 Å². The van der Waals surface area contributed by atoms with E-state index in [1.54, 1.807) is 33.7 Å². The van der Waals surface area contributed by atoms with Crippen LogP contribution in [-0.4, -0.2) is 40.5 Å². The quantitative estimate of drug-likeness (QED) is 0.505. The maximum absolute atomic E-state index is 12.8. The van der Waals surface area contributed by atoms with Crippen molar-refractivity contribution >= 4 is 33.7 Å². The van der Waals surface area contributed by atoms with Gasteiger partial charge in [-0.3, -0.25) is 14.4 Å². The summed E-state index contributed by atoms with van der Waals surface area (Å²) in [4.78, 5) is 39.6. The first-order chi connectivity index (χ1) is 14.1. The van der Waals surface area contributed by atoms with Crippen LogP contribution in [0.3, 0.4) is 0 Å². The van der Waals surface area contributed by atoms with Crippen LogP contribution in [0.2, 0.25) is 0 Å². The van der Waals surface area contributed by atoms with Gasteiger partial charge in [-0.2, -0.15) is 0 Å². The first-order valence-corrected chi connectivity index (χ1v) is 10.0. The van der Waals surface area contributed by atoms with Crippen molar-refractivity contribution in [3.05, 3.63) is 58.8 Å². The molecule has 1 aromatic heterocycles. The SMILES string of the molecule is CC1CCCCN1C(=O)COC(=O)Cn1c2ccccc2c(=O)c2ccccc21. The van der Waals surface area contributed by atoms with Crippen LogP contribution in [0.4, 0.5) is 0 Å². The highest BCUT2D eigenvalue weighted by atomic mass is 16.5. The van der Waals surface area contributed by atoms with E-state index in [4.69, 9.17) is 4.74 Å². The Hall–Kier alpha value is -3.15. The summed E-state index contributed by atoms with van der Waals surface area (Å²) in [5, 5.41) is 1.11. The Morgan fingerprint density at radius 2 is 1.62 bits per heavy atom. The molecule has 1 aliphatic rings. The molecule has 3 aromatic rings. The van der Waals surface area contributed by atoms with E-state index in [0.717, 1.165) is 19.3 Å². The lowest BCUT2D eigenvalue weighted by atomic mass is 10.0. The number of benzene rings is 2. The van der Waals surface area contributed by atoms with E-state index in [2.05, 4.69) is 0 Å². The van der Waals surface area contributed by atoms with Gasteiger partial charge in [0.25, 0.3) is 5.91 Å². The summed E-state index contributed by atoms with van der Waals surface area (Å²) in [6.45, 7) is 2.42. The number of ether oxygens (including phenoxy) is 1. The summed E-state index contributed by atoms with van der Waals surface area (Å²) in [5.74, 6) is -0.651. The number of hydrogen-bond acceptors (Lipinski definition) is 4. The number of pyridine rings is 1. The fourth-order valence-electron chi connectivity index (χ4n) is 4.12. The summed E-state index contributed by atoms with van der Waals surface area (Å²) in [5.41, 5.74) is 1.28. The van der Waals surface area contributed by atoms with Crippen LogP contribution in [0, 0.1) is 0 Å². The molecule has 1 amide bonds. The Balaban J connectivity index is 1.57. The molecule has 0 N–H and O–H groups in total. The van der Waals surface area contributed by atoms with Crippen LogP contribution in [0.5, 0.6) is 0 Å². The van der Waals surface area contributed by atoms with Crippen LogP contribution in [0.1, 0.15) is 26.2 Å². The summed E-state index contributed by atoms with van der Waals surface area (Å²) in [6, 6.07) is 14.6. The zero-order valence-electron chi connectivity index (χ0n) is 16.5. The zero-order valence-corrected chi connectivity index (χ0v) is 16.5. The Labute approximate surface area is 168 Å². The Bertz CT molecular complexity index is 1070. The largest absolute Gasteiger partial charge is 0.454 e. The predicted molar refractivity (Wildman–Crippen MR) is 112 cm³/mol. The highest BCUT2D eigenvalue weighted by Gasteiger charge is 2.24. The van der Waals surface area contributed by atoms with Gasteiger partial charge in [-0.25, -0.2) is 0 Å². The Kier molecular flexibility index (Phi) is 5.34. The summed E-state index contributed by atoms with van der Waals surface area (Å²) in [6.07, 6.45) is 3.09. The van der Waals surface area contributed by atoms with Gasteiger partial charge >= 0.3 is 5.97 Å². The van der Waals surface area contributed by atoms with Crippen LogP contribution < -0.4 is 5.43 Å². The fourth-order valence-corrected chi connectivity index (χ4v) is 4.12. The molecule has 0 spiro atoms. The number of esters is 1. The van der Waals surface area contributed by atoms with Gasteiger partial charge in [0.1, 0.15) is 6.54 Å². The van der Waals surface area contributed by atoms with Gasteiger partial charge in [-0.1, -0.05) is 24.3 Å². The molecule has 150 valence electrons. The number of carbonyl (C=O) groups is 2. The molecular formula is C23H24N2O4. The monoisotopic (exact) mass is 392 g/mol. The van der Waals surface area contributed by atoms with Crippen molar-refractivity contribution in [1.82, 2.24) is 9.47 Å². The van der Waals surface area contributed by atoms with Crippen molar-refractivity contribution in [2.75, 3.05) is 13.2 Å². The molecule has 6 heteroatoms. The molecule has 29 heavy (non-hydrogen) atoms. The molecule has 2 heterocycles. The number of carbonyl (C=O) groups excluding carboxylic acids is 2. The highest BCUT2D eigenvalue weighted by molar-refractivity contribution is 5.94. The highest BCUT2D eigenvalue weighted by Crippen LogP contribution is 2.19. The summed E-state index contributed by atoms with van der Waals surface area (Å²) >= 11 is 0. The zero-order chi connectivity index (χ0) is 20.4. The smallest absolute Gasteiger partial charge is 0.326 e. The number of rotatable bonds is 4. The molecule has 1 atom stereocenters. The van der Waals surface area contributed by atoms with E-state index in [1.807, 2.05) is 31.2 Å². The van der Waals surface area contributed by atoms with Crippen molar-refractivity contribution in [2.24, 2.45) is 0 Å².